The quantitative estimate of drug-likeness (QED) is 0.460. The molecule has 5 heteroatoms. The van der Waals surface area contributed by atoms with Gasteiger partial charge in [-0.3, -0.25) is 0 Å². The number of hydrogen-bond donors (Lipinski definition) is 1. The highest BCUT2D eigenvalue weighted by atomic mass is 16.5. The molecule has 146 valence electrons. The lowest BCUT2D eigenvalue weighted by Crippen LogP contribution is -2.07. The number of nitrogens with zero attached hydrogens (tertiary/aromatic N) is 2. The highest BCUT2D eigenvalue weighted by Crippen LogP contribution is 2.22. The van der Waals surface area contributed by atoms with E-state index in [0.717, 1.165) is 39.7 Å². The van der Waals surface area contributed by atoms with Crippen LogP contribution in [0.2, 0.25) is 0 Å². The van der Waals surface area contributed by atoms with Gasteiger partial charge in [0, 0.05) is 28.2 Å². The summed E-state index contributed by atoms with van der Waals surface area (Å²) in [7, 11) is 1.68. The van der Waals surface area contributed by atoms with Crippen LogP contribution < -0.4 is 14.9 Å². The van der Waals surface area contributed by atoms with Crippen LogP contribution in [0.3, 0.4) is 0 Å². The summed E-state index contributed by atoms with van der Waals surface area (Å²) in [5.74, 6) is 1.75. The van der Waals surface area contributed by atoms with Crippen molar-refractivity contribution < 1.29 is 9.47 Å². The molecule has 0 amide bonds. The van der Waals surface area contributed by atoms with E-state index in [1.54, 1.807) is 7.11 Å². The van der Waals surface area contributed by atoms with Gasteiger partial charge in [0.1, 0.15) is 11.5 Å². The van der Waals surface area contributed by atoms with Gasteiger partial charge in [0.25, 0.3) is 0 Å². The average molecular weight is 377 g/mol. The Bertz CT molecular complexity index is 943. The molecule has 1 heterocycles. The molecule has 0 unspecified atom stereocenters. The van der Waals surface area contributed by atoms with Gasteiger partial charge in [-0.2, -0.15) is 5.10 Å². The smallest absolute Gasteiger partial charge is 0.123 e. The number of benzene rings is 2. The molecule has 1 aromatic heterocycles. The zero-order valence-electron chi connectivity index (χ0n) is 16.9. The molecule has 0 fully saturated rings. The van der Waals surface area contributed by atoms with E-state index in [2.05, 4.69) is 47.1 Å². The molecule has 0 saturated heterocycles. The second kappa shape index (κ2) is 9.13. The van der Waals surface area contributed by atoms with Crippen molar-refractivity contribution in [2.24, 2.45) is 5.10 Å². The van der Waals surface area contributed by atoms with Gasteiger partial charge in [0.15, 0.2) is 0 Å². The Morgan fingerprint density at radius 1 is 1.07 bits per heavy atom. The molecule has 0 aliphatic rings. The third-order valence-electron chi connectivity index (χ3n) is 4.63. The first-order valence-corrected chi connectivity index (χ1v) is 9.44. The number of hydrogen-bond acceptors (Lipinski definition) is 4. The Morgan fingerprint density at radius 2 is 1.82 bits per heavy atom. The summed E-state index contributed by atoms with van der Waals surface area (Å²) >= 11 is 0. The van der Waals surface area contributed by atoms with E-state index in [1.165, 1.54) is 0 Å². The molecule has 0 saturated carbocycles. The Morgan fingerprint density at radius 3 is 2.54 bits per heavy atom. The lowest BCUT2D eigenvalue weighted by atomic mass is 10.2. The molecule has 1 N–H and O–H groups in total. The van der Waals surface area contributed by atoms with Crippen molar-refractivity contribution in [3.05, 3.63) is 77.1 Å². The van der Waals surface area contributed by atoms with Crippen LogP contribution in [0.5, 0.6) is 11.5 Å². The van der Waals surface area contributed by atoms with Gasteiger partial charge in [-0.15, -0.1) is 0 Å². The maximum atomic E-state index is 5.53. The maximum Gasteiger partial charge on any atom is 0.123 e. The van der Waals surface area contributed by atoms with Crippen molar-refractivity contribution in [1.82, 2.24) is 9.99 Å². The number of rotatable bonds is 8. The van der Waals surface area contributed by atoms with Gasteiger partial charge in [0.05, 0.1) is 26.5 Å². The van der Waals surface area contributed by atoms with Crippen LogP contribution >= 0.6 is 0 Å². The van der Waals surface area contributed by atoms with Crippen molar-refractivity contribution in [3.63, 3.8) is 0 Å². The molecular weight excluding hydrogens is 350 g/mol. The normalized spacial score (nSPS) is 11.0. The predicted octanol–water partition coefficient (Wildman–Crippen LogP) is 4.63. The van der Waals surface area contributed by atoms with E-state index in [0.29, 0.717) is 13.2 Å². The standard InChI is InChI=1S/C23H27N3O2/c1-5-28-22-12-10-21(11-13-22)26-17(2)14-20(18(26)3)16-25-24-15-19-8-6-7-9-23(19)27-4/h6-14,16,24H,5,15H2,1-4H3/b25-16+. The number of para-hydroxylation sites is 1. The minimum atomic E-state index is 0.609. The van der Waals surface area contributed by atoms with Gasteiger partial charge >= 0.3 is 0 Å². The van der Waals surface area contributed by atoms with Crippen LogP contribution in [0.1, 0.15) is 29.4 Å². The van der Waals surface area contributed by atoms with E-state index < -0.39 is 0 Å². The summed E-state index contributed by atoms with van der Waals surface area (Å²) in [5.41, 5.74) is 8.67. The molecule has 0 atom stereocenters. The van der Waals surface area contributed by atoms with Crippen molar-refractivity contribution in [3.8, 4) is 17.2 Å². The number of nitrogens with one attached hydrogen (secondary N) is 1. The summed E-state index contributed by atoms with van der Waals surface area (Å²) in [6.45, 7) is 7.47. The molecule has 3 aromatic rings. The molecular formula is C23H27N3O2. The zero-order chi connectivity index (χ0) is 19.9. The van der Waals surface area contributed by atoms with Crippen LogP contribution in [-0.2, 0) is 6.54 Å². The fraction of sp³-hybridized carbons (Fsp3) is 0.261. The molecule has 2 aromatic carbocycles. The third kappa shape index (κ3) is 4.36. The van der Waals surface area contributed by atoms with Crippen molar-refractivity contribution in [1.29, 1.82) is 0 Å². The first-order valence-electron chi connectivity index (χ1n) is 9.44. The highest BCUT2D eigenvalue weighted by molar-refractivity contribution is 5.82. The zero-order valence-corrected chi connectivity index (χ0v) is 16.9. The Hall–Kier alpha value is -3.21. The van der Waals surface area contributed by atoms with Gasteiger partial charge in [-0.25, -0.2) is 0 Å². The van der Waals surface area contributed by atoms with Gasteiger partial charge < -0.3 is 19.5 Å². The summed E-state index contributed by atoms with van der Waals surface area (Å²) in [4.78, 5) is 0. The third-order valence-corrected chi connectivity index (χ3v) is 4.63. The number of aryl methyl sites for hydroxylation is 1. The number of hydrazone groups is 1. The topological polar surface area (TPSA) is 47.8 Å². The molecule has 0 bridgehead atoms. The van der Waals surface area contributed by atoms with Crippen LogP contribution in [0.4, 0.5) is 0 Å². The number of aromatic nitrogens is 1. The molecule has 0 radical (unpaired) electrons. The van der Waals surface area contributed by atoms with Crippen LogP contribution in [0.15, 0.2) is 59.7 Å². The van der Waals surface area contributed by atoms with E-state index in [-0.39, 0.29) is 0 Å². The Balaban J connectivity index is 1.71. The van der Waals surface area contributed by atoms with Crippen LogP contribution in [0.25, 0.3) is 5.69 Å². The predicted molar refractivity (Wildman–Crippen MR) is 114 cm³/mol. The number of ether oxygens (including phenoxy) is 2. The molecule has 3 rings (SSSR count). The first-order chi connectivity index (χ1) is 13.6. The second-order valence-electron chi connectivity index (χ2n) is 6.49. The SMILES string of the molecule is CCOc1ccc(-n2c(C)cc(/C=N/NCc3ccccc3OC)c2C)cc1. The maximum absolute atomic E-state index is 5.53. The van der Waals surface area contributed by atoms with E-state index in [4.69, 9.17) is 9.47 Å². The lowest BCUT2D eigenvalue weighted by molar-refractivity contribution is 0.340. The fourth-order valence-corrected chi connectivity index (χ4v) is 3.27. The van der Waals surface area contributed by atoms with Gasteiger partial charge in [0.2, 0.25) is 0 Å². The van der Waals surface area contributed by atoms with E-state index in [1.807, 2.05) is 49.5 Å². The fourth-order valence-electron chi connectivity index (χ4n) is 3.27. The molecule has 0 aliphatic heterocycles. The highest BCUT2D eigenvalue weighted by Gasteiger charge is 2.09. The van der Waals surface area contributed by atoms with Crippen molar-refractivity contribution in [2.45, 2.75) is 27.3 Å². The average Bonchev–Trinajstić information content (AvgIpc) is 3.00. The molecule has 0 aliphatic carbocycles. The van der Waals surface area contributed by atoms with Gasteiger partial charge in [-0.1, -0.05) is 18.2 Å². The molecule has 5 nitrogen and oxygen atoms in total. The minimum Gasteiger partial charge on any atom is -0.496 e. The van der Waals surface area contributed by atoms with E-state index in [9.17, 15) is 0 Å². The summed E-state index contributed by atoms with van der Waals surface area (Å²) in [6.07, 6.45) is 1.86. The summed E-state index contributed by atoms with van der Waals surface area (Å²) < 4.78 is 13.1. The van der Waals surface area contributed by atoms with Crippen LogP contribution in [0, 0.1) is 13.8 Å². The molecule has 0 spiro atoms. The first kappa shape index (κ1) is 19.5. The monoisotopic (exact) mass is 377 g/mol. The molecule has 28 heavy (non-hydrogen) atoms. The van der Waals surface area contributed by atoms with E-state index >= 15 is 0 Å². The largest absolute Gasteiger partial charge is 0.496 e. The minimum absolute atomic E-state index is 0.609. The Kier molecular flexibility index (Phi) is 6.37. The summed E-state index contributed by atoms with van der Waals surface area (Å²) in [5, 5.41) is 4.40. The van der Waals surface area contributed by atoms with Crippen molar-refractivity contribution in [2.75, 3.05) is 13.7 Å². The lowest BCUT2D eigenvalue weighted by Gasteiger charge is -2.11. The Labute approximate surface area is 166 Å². The van der Waals surface area contributed by atoms with Crippen LogP contribution in [-0.4, -0.2) is 24.5 Å². The summed E-state index contributed by atoms with van der Waals surface area (Å²) in [6, 6.07) is 18.2. The number of methoxy groups -OCH3 is 1. The van der Waals surface area contributed by atoms with Crippen molar-refractivity contribution >= 4 is 6.21 Å². The van der Waals surface area contributed by atoms with Gasteiger partial charge in [-0.05, 0) is 57.2 Å². The second-order valence-corrected chi connectivity index (χ2v) is 6.49.